The van der Waals surface area contributed by atoms with Gasteiger partial charge in [-0.15, -0.1) is 0 Å². The lowest BCUT2D eigenvalue weighted by Crippen LogP contribution is -2.29. The molecule has 1 atom stereocenters. The van der Waals surface area contributed by atoms with E-state index >= 15 is 0 Å². The van der Waals surface area contributed by atoms with Crippen molar-refractivity contribution in [2.24, 2.45) is 5.92 Å². The zero-order chi connectivity index (χ0) is 12.8. The Hall–Kier alpha value is -1.49. The summed E-state index contributed by atoms with van der Waals surface area (Å²) < 4.78 is 26.1. The van der Waals surface area contributed by atoms with Gasteiger partial charge in [-0.25, -0.2) is 8.78 Å². The first-order valence-electron chi connectivity index (χ1n) is 5.38. The highest BCUT2D eigenvalue weighted by atomic mass is 19.1. The first-order valence-corrected chi connectivity index (χ1v) is 5.38. The SMILES string of the molecule is CC(CCO)CNC(=O)c1cc(F)ccc1F. The maximum absolute atomic E-state index is 13.2. The molecule has 1 aromatic rings. The van der Waals surface area contributed by atoms with Gasteiger partial charge in [0.15, 0.2) is 0 Å². The van der Waals surface area contributed by atoms with Gasteiger partial charge in [0.2, 0.25) is 0 Å². The van der Waals surface area contributed by atoms with Gasteiger partial charge in [-0.05, 0) is 30.5 Å². The highest BCUT2D eigenvalue weighted by Crippen LogP contribution is 2.09. The van der Waals surface area contributed by atoms with Crippen molar-refractivity contribution < 1.29 is 18.7 Å². The number of hydrogen-bond donors (Lipinski definition) is 2. The second-order valence-electron chi connectivity index (χ2n) is 3.95. The summed E-state index contributed by atoms with van der Waals surface area (Å²) in [5.74, 6) is -1.97. The monoisotopic (exact) mass is 243 g/mol. The Morgan fingerprint density at radius 1 is 1.47 bits per heavy atom. The summed E-state index contributed by atoms with van der Waals surface area (Å²) in [5, 5.41) is 11.2. The second kappa shape index (κ2) is 6.30. The highest BCUT2D eigenvalue weighted by molar-refractivity contribution is 5.94. The van der Waals surface area contributed by atoms with E-state index in [1.165, 1.54) is 0 Å². The Bertz CT molecular complexity index is 396. The molecule has 0 aromatic heterocycles. The van der Waals surface area contributed by atoms with Crippen LogP contribution in [-0.2, 0) is 0 Å². The fraction of sp³-hybridized carbons (Fsp3) is 0.417. The third-order valence-corrected chi connectivity index (χ3v) is 2.41. The van der Waals surface area contributed by atoms with E-state index in [1.807, 2.05) is 6.92 Å². The minimum absolute atomic E-state index is 0.0331. The van der Waals surface area contributed by atoms with E-state index in [9.17, 15) is 13.6 Å². The van der Waals surface area contributed by atoms with Gasteiger partial charge in [0.25, 0.3) is 5.91 Å². The molecule has 0 bridgehead atoms. The molecule has 2 N–H and O–H groups in total. The van der Waals surface area contributed by atoms with Crippen molar-refractivity contribution in [3.8, 4) is 0 Å². The van der Waals surface area contributed by atoms with Crippen molar-refractivity contribution in [3.05, 3.63) is 35.4 Å². The van der Waals surface area contributed by atoms with Crippen LogP contribution in [0.25, 0.3) is 0 Å². The largest absolute Gasteiger partial charge is 0.396 e. The van der Waals surface area contributed by atoms with Gasteiger partial charge in [0.1, 0.15) is 11.6 Å². The number of benzene rings is 1. The number of halogens is 2. The maximum Gasteiger partial charge on any atom is 0.254 e. The molecule has 0 aliphatic rings. The zero-order valence-electron chi connectivity index (χ0n) is 9.54. The van der Waals surface area contributed by atoms with E-state index in [1.54, 1.807) is 0 Å². The fourth-order valence-corrected chi connectivity index (χ4v) is 1.36. The van der Waals surface area contributed by atoms with E-state index in [0.29, 0.717) is 13.0 Å². The topological polar surface area (TPSA) is 49.3 Å². The number of hydrogen-bond acceptors (Lipinski definition) is 2. The number of amides is 1. The molecule has 0 radical (unpaired) electrons. The lowest BCUT2D eigenvalue weighted by atomic mass is 10.1. The van der Waals surface area contributed by atoms with Crippen molar-refractivity contribution >= 4 is 5.91 Å². The van der Waals surface area contributed by atoms with E-state index < -0.39 is 17.5 Å². The molecule has 0 aliphatic carbocycles. The lowest BCUT2D eigenvalue weighted by Gasteiger charge is -2.11. The van der Waals surface area contributed by atoms with Crippen LogP contribution in [-0.4, -0.2) is 24.2 Å². The summed E-state index contributed by atoms with van der Waals surface area (Å²) in [6, 6.07) is 2.74. The quantitative estimate of drug-likeness (QED) is 0.827. The van der Waals surface area contributed by atoms with Gasteiger partial charge < -0.3 is 10.4 Å². The molecule has 0 spiro atoms. The van der Waals surface area contributed by atoms with Crippen molar-refractivity contribution in [2.75, 3.05) is 13.2 Å². The third-order valence-electron chi connectivity index (χ3n) is 2.41. The molecule has 5 heteroatoms. The van der Waals surface area contributed by atoms with Crippen LogP contribution in [0, 0.1) is 17.6 Å². The third kappa shape index (κ3) is 4.11. The van der Waals surface area contributed by atoms with Crippen molar-refractivity contribution in [1.82, 2.24) is 5.32 Å². The van der Waals surface area contributed by atoms with Crippen molar-refractivity contribution in [3.63, 3.8) is 0 Å². The Morgan fingerprint density at radius 3 is 2.82 bits per heavy atom. The van der Waals surface area contributed by atoms with Crippen molar-refractivity contribution in [2.45, 2.75) is 13.3 Å². The smallest absolute Gasteiger partial charge is 0.254 e. The van der Waals surface area contributed by atoms with Gasteiger partial charge in [-0.1, -0.05) is 6.92 Å². The normalized spacial score (nSPS) is 12.2. The highest BCUT2D eigenvalue weighted by Gasteiger charge is 2.13. The first-order chi connectivity index (χ1) is 8.04. The molecule has 3 nitrogen and oxygen atoms in total. The van der Waals surface area contributed by atoms with Gasteiger partial charge in [-0.3, -0.25) is 4.79 Å². The summed E-state index contributed by atoms with van der Waals surface area (Å²) in [5.41, 5.74) is -0.304. The zero-order valence-corrected chi connectivity index (χ0v) is 9.54. The molecule has 0 fully saturated rings. The van der Waals surface area contributed by atoms with Gasteiger partial charge in [0, 0.05) is 13.2 Å². The molecule has 1 amide bonds. The number of aliphatic hydroxyl groups excluding tert-OH is 1. The fourth-order valence-electron chi connectivity index (χ4n) is 1.36. The maximum atomic E-state index is 13.2. The predicted molar refractivity (Wildman–Crippen MR) is 59.6 cm³/mol. The van der Waals surface area contributed by atoms with E-state index in [2.05, 4.69) is 5.32 Å². The number of rotatable bonds is 5. The van der Waals surface area contributed by atoms with Crippen LogP contribution >= 0.6 is 0 Å². The summed E-state index contributed by atoms with van der Waals surface area (Å²) in [6.45, 7) is 2.19. The van der Waals surface area contributed by atoms with Gasteiger partial charge in [0.05, 0.1) is 5.56 Å². The van der Waals surface area contributed by atoms with Crippen LogP contribution in [0.3, 0.4) is 0 Å². The standard InChI is InChI=1S/C12H15F2NO2/c1-8(4-5-16)7-15-12(17)10-6-9(13)2-3-11(10)14/h2-3,6,8,16H,4-5,7H2,1H3,(H,15,17). The van der Waals surface area contributed by atoms with Gasteiger partial charge >= 0.3 is 0 Å². The van der Waals surface area contributed by atoms with Crippen LogP contribution in [0.15, 0.2) is 18.2 Å². The molecule has 0 saturated heterocycles. The Balaban J connectivity index is 2.61. The molecule has 1 aromatic carbocycles. The van der Waals surface area contributed by atoms with Gasteiger partial charge in [-0.2, -0.15) is 0 Å². The van der Waals surface area contributed by atoms with E-state index in [4.69, 9.17) is 5.11 Å². The van der Waals surface area contributed by atoms with E-state index in [0.717, 1.165) is 18.2 Å². The van der Waals surface area contributed by atoms with Crippen LogP contribution in [0.2, 0.25) is 0 Å². The molecule has 1 rings (SSSR count). The molecule has 1 unspecified atom stereocenters. The number of aliphatic hydroxyl groups is 1. The summed E-state index contributed by atoms with van der Waals surface area (Å²) in [4.78, 5) is 11.5. The summed E-state index contributed by atoms with van der Waals surface area (Å²) in [7, 11) is 0. The minimum Gasteiger partial charge on any atom is -0.396 e. The molecule has 94 valence electrons. The Labute approximate surface area is 98.5 Å². The molecule has 0 heterocycles. The van der Waals surface area contributed by atoms with Crippen LogP contribution in [0.5, 0.6) is 0 Å². The molecule has 0 aliphatic heterocycles. The number of carbonyl (C=O) groups excluding carboxylic acids is 1. The average Bonchev–Trinajstić information content (AvgIpc) is 2.29. The molecular formula is C12H15F2NO2. The average molecular weight is 243 g/mol. The lowest BCUT2D eigenvalue weighted by molar-refractivity contribution is 0.0941. The van der Waals surface area contributed by atoms with Crippen molar-refractivity contribution in [1.29, 1.82) is 0 Å². The Morgan fingerprint density at radius 2 is 2.18 bits per heavy atom. The molecular weight excluding hydrogens is 228 g/mol. The molecule has 0 saturated carbocycles. The Kier molecular flexibility index (Phi) is 5.03. The number of carbonyl (C=O) groups is 1. The summed E-state index contributed by atoms with van der Waals surface area (Å²) >= 11 is 0. The minimum atomic E-state index is -0.751. The van der Waals surface area contributed by atoms with E-state index in [-0.39, 0.29) is 18.1 Å². The van der Waals surface area contributed by atoms with Crippen LogP contribution in [0.4, 0.5) is 8.78 Å². The summed E-state index contributed by atoms with van der Waals surface area (Å²) in [6.07, 6.45) is 0.548. The second-order valence-corrected chi connectivity index (χ2v) is 3.95. The van der Waals surface area contributed by atoms with Crippen LogP contribution in [0.1, 0.15) is 23.7 Å². The molecule has 17 heavy (non-hydrogen) atoms. The van der Waals surface area contributed by atoms with Crippen LogP contribution < -0.4 is 5.32 Å². The number of nitrogens with one attached hydrogen (secondary N) is 1. The predicted octanol–water partition coefficient (Wildman–Crippen LogP) is 1.71. The first kappa shape index (κ1) is 13.6.